The Kier molecular flexibility index (Phi) is 9.42. The standard InChI is InChI=1S/C30H34N4O2/c1-2-18-36-29-15-7-6-14-26(29)22-32-27-19-28(30(35)33-21-25-12-8-16-31-20-25)34(23-27)17-9-13-24-10-4-3-5-11-24/h2-16,20,27-28,32H,1,17-19,21-23H2,(H,33,35)/t27-,28-/m0/s1. The fraction of sp³-hybridized carbons (Fsp3) is 0.267. The van der Waals surface area contributed by atoms with Crippen LogP contribution in [0.1, 0.15) is 23.1 Å². The number of hydrogen-bond acceptors (Lipinski definition) is 5. The molecule has 2 heterocycles. The minimum Gasteiger partial charge on any atom is -0.489 e. The summed E-state index contributed by atoms with van der Waals surface area (Å²) in [6.45, 7) is 6.85. The normalized spacial score (nSPS) is 17.8. The van der Waals surface area contributed by atoms with Crippen LogP contribution >= 0.6 is 0 Å². The topological polar surface area (TPSA) is 66.5 Å². The molecule has 6 nitrogen and oxygen atoms in total. The second-order valence-corrected chi connectivity index (χ2v) is 8.88. The van der Waals surface area contributed by atoms with Gasteiger partial charge in [0.2, 0.25) is 5.91 Å². The van der Waals surface area contributed by atoms with E-state index in [-0.39, 0.29) is 18.0 Å². The molecule has 0 unspecified atom stereocenters. The summed E-state index contributed by atoms with van der Waals surface area (Å²) in [5.41, 5.74) is 3.24. The number of amides is 1. The summed E-state index contributed by atoms with van der Waals surface area (Å²) in [5, 5.41) is 6.75. The van der Waals surface area contributed by atoms with Crippen LogP contribution in [0.2, 0.25) is 0 Å². The third kappa shape index (κ3) is 7.38. The van der Waals surface area contributed by atoms with E-state index in [1.165, 1.54) is 0 Å². The van der Waals surface area contributed by atoms with Crippen molar-refractivity contribution < 1.29 is 9.53 Å². The minimum absolute atomic E-state index is 0.0472. The molecule has 1 aliphatic heterocycles. The van der Waals surface area contributed by atoms with Gasteiger partial charge in [0.05, 0.1) is 6.04 Å². The quantitative estimate of drug-likeness (QED) is 0.379. The van der Waals surface area contributed by atoms with Crippen LogP contribution in [0.25, 0.3) is 6.08 Å². The van der Waals surface area contributed by atoms with Crippen molar-refractivity contribution in [1.29, 1.82) is 0 Å². The van der Waals surface area contributed by atoms with Gasteiger partial charge in [-0.05, 0) is 29.7 Å². The summed E-state index contributed by atoms with van der Waals surface area (Å²) in [6.07, 6.45) is 10.3. The maximum atomic E-state index is 13.2. The molecule has 4 rings (SSSR count). The smallest absolute Gasteiger partial charge is 0.237 e. The van der Waals surface area contributed by atoms with E-state index in [1.807, 2.05) is 48.5 Å². The number of nitrogens with zero attached hydrogens (tertiary/aromatic N) is 2. The van der Waals surface area contributed by atoms with Gasteiger partial charge in [-0.3, -0.25) is 14.7 Å². The van der Waals surface area contributed by atoms with Gasteiger partial charge in [0.25, 0.3) is 0 Å². The Hall–Kier alpha value is -3.74. The number of carbonyl (C=O) groups excluding carboxylic acids is 1. The van der Waals surface area contributed by atoms with Crippen molar-refractivity contribution in [3.8, 4) is 5.75 Å². The first kappa shape index (κ1) is 25.4. The van der Waals surface area contributed by atoms with Gasteiger partial charge in [0.15, 0.2) is 0 Å². The predicted molar refractivity (Wildman–Crippen MR) is 144 cm³/mol. The van der Waals surface area contributed by atoms with Crippen LogP contribution < -0.4 is 15.4 Å². The molecule has 1 fully saturated rings. The Bertz CT molecular complexity index is 1130. The van der Waals surface area contributed by atoms with Gasteiger partial charge < -0.3 is 15.4 Å². The lowest BCUT2D eigenvalue weighted by Gasteiger charge is -2.22. The highest BCUT2D eigenvalue weighted by Gasteiger charge is 2.35. The number of benzene rings is 2. The molecule has 0 saturated carbocycles. The minimum atomic E-state index is -0.202. The Labute approximate surface area is 213 Å². The van der Waals surface area contributed by atoms with E-state index in [0.717, 1.165) is 35.4 Å². The van der Waals surface area contributed by atoms with Crippen LogP contribution in [-0.2, 0) is 17.9 Å². The Balaban J connectivity index is 1.39. The molecule has 2 atom stereocenters. The molecular formula is C30H34N4O2. The molecule has 1 saturated heterocycles. The fourth-order valence-corrected chi connectivity index (χ4v) is 4.42. The van der Waals surface area contributed by atoms with E-state index < -0.39 is 0 Å². The molecule has 3 aromatic rings. The molecule has 2 N–H and O–H groups in total. The molecule has 6 heteroatoms. The number of ether oxygens (including phenoxy) is 1. The van der Waals surface area contributed by atoms with Crippen molar-refractivity contribution in [1.82, 2.24) is 20.5 Å². The van der Waals surface area contributed by atoms with Crippen molar-refractivity contribution in [2.75, 3.05) is 19.7 Å². The number of nitrogens with one attached hydrogen (secondary N) is 2. The van der Waals surface area contributed by atoms with E-state index in [0.29, 0.717) is 26.2 Å². The average Bonchev–Trinajstić information content (AvgIpc) is 3.34. The van der Waals surface area contributed by atoms with E-state index in [2.05, 4.69) is 57.4 Å². The third-order valence-corrected chi connectivity index (χ3v) is 6.26. The van der Waals surface area contributed by atoms with Crippen molar-refractivity contribution in [2.24, 2.45) is 0 Å². The highest BCUT2D eigenvalue weighted by Crippen LogP contribution is 2.22. The first-order valence-corrected chi connectivity index (χ1v) is 12.4. The largest absolute Gasteiger partial charge is 0.489 e. The Morgan fingerprint density at radius 2 is 1.92 bits per heavy atom. The van der Waals surface area contributed by atoms with Crippen molar-refractivity contribution in [3.05, 3.63) is 115 Å². The lowest BCUT2D eigenvalue weighted by Crippen LogP contribution is -2.43. The zero-order valence-electron chi connectivity index (χ0n) is 20.6. The molecule has 1 aliphatic rings. The van der Waals surface area contributed by atoms with E-state index >= 15 is 0 Å². The molecule has 0 radical (unpaired) electrons. The summed E-state index contributed by atoms with van der Waals surface area (Å²) in [5.74, 6) is 0.905. The lowest BCUT2D eigenvalue weighted by molar-refractivity contribution is -0.125. The van der Waals surface area contributed by atoms with E-state index in [1.54, 1.807) is 18.5 Å². The van der Waals surface area contributed by atoms with Crippen LogP contribution in [0.4, 0.5) is 0 Å². The molecule has 186 valence electrons. The summed E-state index contributed by atoms with van der Waals surface area (Å²) >= 11 is 0. The maximum absolute atomic E-state index is 13.2. The molecule has 0 bridgehead atoms. The van der Waals surface area contributed by atoms with Gasteiger partial charge >= 0.3 is 0 Å². The van der Waals surface area contributed by atoms with Gasteiger partial charge in [0, 0.05) is 50.2 Å². The number of rotatable bonds is 12. The molecular weight excluding hydrogens is 448 g/mol. The number of aromatic nitrogens is 1. The number of carbonyl (C=O) groups is 1. The Morgan fingerprint density at radius 1 is 1.08 bits per heavy atom. The van der Waals surface area contributed by atoms with Crippen LogP contribution in [0, 0.1) is 0 Å². The number of likely N-dealkylation sites (tertiary alicyclic amines) is 1. The highest BCUT2D eigenvalue weighted by atomic mass is 16.5. The number of pyridine rings is 1. The van der Waals surface area contributed by atoms with Gasteiger partial charge in [0.1, 0.15) is 12.4 Å². The highest BCUT2D eigenvalue weighted by molar-refractivity contribution is 5.82. The second-order valence-electron chi connectivity index (χ2n) is 8.88. The second kappa shape index (κ2) is 13.4. The van der Waals surface area contributed by atoms with Crippen LogP contribution in [0.5, 0.6) is 5.75 Å². The summed E-state index contributed by atoms with van der Waals surface area (Å²) < 4.78 is 5.80. The van der Waals surface area contributed by atoms with Crippen molar-refractivity contribution in [2.45, 2.75) is 31.6 Å². The van der Waals surface area contributed by atoms with Gasteiger partial charge in [-0.15, -0.1) is 0 Å². The zero-order valence-corrected chi connectivity index (χ0v) is 20.6. The predicted octanol–water partition coefficient (Wildman–Crippen LogP) is 4.21. The van der Waals surface area contributed by atoms with E-state index in [9.17, 15) is 4.79 Å². The first-order valence-electron chi connectivity index (χ1n) is 12.4. The monoisotopic (exact) mass is 482 g/mol. The molecule has 36 heavy (non-hydrogen) atoms. The molecule has 1 aromatic heterocycles. The molecule has 0 aliphatic carbocycles. The average molecular weight is 483 g/mol. The van der Waals surface area contributed by atoms with Gasteiger partial charge in [-0.1, -0.05) is 79.4 Å². The van der Waals surface area contributed by atoms with Crippen LogP contribution in [0.3, 0.4) is 0 Å². The third-order valence-electron chi connectivity index (χ3n) is 6.26. The fourth-order valence-electron chi connectivity index (χ4n) is 4.42. The number of para-hydroxylation sites is 1. The van der Waals surface area contributed by atoms with E-state index in [4.69, 9.17) is 4.74 Å². The summed E-state index contributed by atoms with van der Waals surface area (Å²) in [7, 11) is 0. The SMILES string of the molecule is C=CCOc1ccccc1CN[C@H]1C[C@@H](C(=O)NCc2cccnc2)N(CC=Cc2ccccc2)C1. The zero-order chi connectivity index (χ0) is 25.0. The summed E-state index contributed by atoms with van der Waals surface area (Å²) in [4.78, 5) is 19.6. The first-order chi connectivity index (χ1) is 17.7. The van der Waals surface area contributed by atoms with Crippen LogP contribution in [0.15, 0.2) is 97.9 Å². The maximum Gasteiger partial charge on any atom is 0.237 e. The number of hydrogen-bond donors (Lipinski definition) is 2. The van der Waals surface area contributed by atoms with Crippen molar-refractivity contribution in [3.63, 3.8) is 0 Å². The molecule has 2 aromatic carbocycles. The van der Waals surface area contributed by atoms with Gasteiger partial charge in [-0.2, -0.15) is 0 Å². The van der Waals surface area contributed by atoms with Crippen LogP contribution in [-0.4, -0.2) is 47.6 Å². The molecule has 0 spiro atoms. The summed E-state index contributed by atoms with van der Waals surface area (Å²) in [6, 6.07) is 22.1. The van der Waals surface area contributed by atoms with Crippen molar-refractivity contribution >= 4 is 12.0 Å². The Morgan fingerprint density at radius 3 is 2.72 bits per heavy atom. The lowest BCUT2D eigenvalue weighted by atomic mass is 10.1. The van der Waals surface area contributed by atoms with Gasteiger partial charge in [-0.25, -0.2) is 0 Å². The molecule has 1 amide bonds.